The Balaban J connectivity index is 1.36. The number of pyridine rings is 1. The Morgan fingerprint density at radius 1 is 1.00 bits per heavy atom. The summed E-state index contributed by atoms with van der Waals surface area (Å²) >= 11 is 0. The number of carbonyl (C=O) groups is 1. The molecule has 2 aromatic carbocycles. The number of likely N-dealkylation sites (tertiary alicyclic amines) is 1. The van der Waals surface area contributed by atoms with Crippen LogP contribution in [0.3, 0.4) is 0 Å². The molecule has 0 bridgehead atoms. The van der Waals surface area contributed by atoms with E-state index in [1.54, 1.807) is 12.1 Å². The maximum Gasteiger partial charge on any atom is 0.227 e. The predicted molar refractivity (Wildman–Crippen MR) is 124 cm³/mol. The Hall–Kier alpha value is -3.41. The number of fused-ring (bicyclic) bond motifs is 1. The highest BCUT2D eigenvalue weighted by atomic mass is 19.1. The monoisotopic (exact) mass is 446 g/mol. The fourth-order valence-electron chi connectivity index (χ4n) is 4.64. The number of aryl methyl sites for hydroxylation is 1. The molecule has 0 N–H and O–H groups in total. The van der Waals surface area contributed by atoms with Gasteiger partial charge in [0, 0.05) is 18.7 Å². The normalized spacial score (nSPS) is 17.6. The van der Waals surface area contributed by atoms with Crippen LogP contribution >= 0.6 is 0 Å². The van der Waals surface area contributed by atoms with E-state index in [-0.39, 0.29) is 17.8 Å². The number of hydrogen-bond donors (Lipinski definition) is 0. The highest BCUT2D eigenvalue weighted by molar-refractivity contribution is 5.80. The van der Waals surface area contributed by atoms with Gasteiger partial charge in [0.05, 0.1) is 31.4 Å². The van der Waals surface area contributed by atoms with Crippen molar-refractivity contribution in [3.63, 3.8) is 0 Å². The van der Waals surface area contributed by atoms with Gasteiger partial charge in [0.1, 0.15) is 5.82 Å². The number of nitrogens with zero attached hydrogens (tertiary/aromatic N) is 2. The van der Waals surface area contributed by atoms with Crippen LogP contribution in [0.5, 0.6) is 11.5 Å². The average Bonchev–Trinajstić information content (AvgIpc) is 3.19. The number of halogens is 1. The fraction of sp³-hybridized carbons (Fsp3) is 0.333. The zero-order valence-electron chi connectivity index (χ0n) is 18.7. The average molecular weight is 447 g/mol. The van der Waals surface area contributed by atoms with Crippen LogP contribution in [0.4, 0.5) is 4.39 Å². The van der Waals surface area contributed by atoms with Crippen LogP contribution in [-0.4, -0.2) is 35.5 Å². The summed E-state index contributed by atoms with van der Waals surface area (Å²) in [5, 5.41) is 0. The lowest BCUT2D eigenvalue weighted by Gasteiger charge is -2.25. The quantitative estimate of drug-likeness (QED) is 0.548. The Bertz CT molecular complexity index is 1160. The topological polar surface area (TPSA) is 51.7 Å². The van der Waals surface area contributed by atoms with Gasteiger partial charge < -0.3 is 14.4 Å². The van der Waals surface area contributed by atoms with Gasteiger partial charge in [0.25, 0.3) is 0 Å². The largest absolute Gasteiger partial charge is 0.490 e. The van der Waals surface area contributed by atoms with Gasteiger partial charge in [-0.3, -0.25) is 9.78 Å². The minimum atomic E-state index is -0.257. The lowest BCUT2D eigenvalue weighted by Crippen LogP contribution is -2.32. The zero-order valence-corrected chi connectivity index (χ0v) is 18.7. The maximum atomic E-state index is 13.4. The summed E-state index contributed by atoms with van der Waals surface area (Å²) in [6.07, 6.45) is 2.98. The molecule has 1 saturated heterocycles. The summed E-state index contributed by atoms with van der Waals surface area (Å²) in [6.45, 7) is 3.93. The lowest BCUT2D eigenvalue weighted by molar-refractivity contribution is -0.131. The van der Waals surface area contributed by atoms with Crippen molar-refractivity contribution in [2.24, 2.45) is 0 Å². The van der Waals surface area contributed by atoms with E-state index >= 15 is 0 Å². The maximum absolute atomic E-state index is 13.4. The van der Waals surface area contributed by atoms with E-state index in [1.165, 1.54) is 12.1 Å². The van der Waals surface area contributed by atoms with Crippen LogP contribution in [0.2, 0.25) is 0 Å². The van der Waals surface area contributed by atoms with Crippen LogP contribution in [0.25, 0.3) is 11.1 Å². The zero-order chi connectivity index (χ0) is 22.8. The molecular formula is C27H27FN2O3. The van der Waals surface area contributed by atoms with Crippen molar-refractivity contribution in [2.45, 2.75) is 38.6 Å². The van der Waals surface area contributed by atoms with Crippen LogP contribution in [0.1, 0.15) is 42.3 Å². The summed E-state index contributed by atoms with van der Waals surface area (Å²) in [7, 11) is 0. The number of rotatable bonds is 4. The third-order valence-corrected chi connectivity index (χ3v) is 6.23. The number of ether oxygens (including phenoxy) is 2. The molecular weight excluding hydrogens is 419 g/mol. The molecule has 5 nitrogen and oxygen atoms in total. The first-order chi connectivity index (χ1) is 16.1. The number of amides is 1. The molecule has 3 heterocycles. The molecule has 2 aliphatic heterocycles. The predicted octanol–water partition coefficient (Wildman–Crippen LogP) is 5.26. The number of benzene rings is 2. The van der Waals surface area contributed by atoms with E-state index in [0.29, 0.717) is 25.4 Å². The third-order valence-electron chi connectivity index (χ3n) is 6.23. The molecule has 1 aromatic heterocycles. The second-order valence-electron chi connectivity index (χ2n) is 8.68. The van der Waals surface area contributed by atoms with Crippen molar-refractivity contribution < 1.29 is 18.7 Å². The number of aromatic nitrogens is 1. The van der Waals surface area contributed by atoms with E-state index < -0.39 is 0 Å². The van der Waals surface area contributed by atoms with Gasteiger partial charge in [-0.1, -0.05) is 18.2 Å². The molecule has 2 aliphatic rings. The fourth-order valence-corrected chi connectivity index (χ4v) is 4.64. The van der Waals surface area contributed by atoms with Gasteiger partial charge in [-0.05, 0) is 72.9 Å². The van der Waals surface area contributed by atoms with Crippen LogP contribution in [-0.2, 0) is 11.2 Å². The van der Waals surface area contributed by atoms with Crippen LogP contribution in [0, 0.1) is 12.7 Å². The highest BCUT2D eigenvalue weighted by Gasteiger charge is 2.31. The molecule has 0 unspecified atom stereocenters. The molecule has 3 aromatic rings. The van der Waals surface area contributed by atoms with E-state index in [4.69, 9.17) is 14.5 Å². The SMILES string of the molecule is Cc1cc(-c2ccc(F)cc2)cc([C@@H]2CCCN2C(=O)Cc2ccc3c(c2)OCCCO3)n1. The van der Waals surface area contributed by atoms with Crippen molar-refractivity contribution in [3.8, 4) is 22.6 Å². The summed E-state index contributed by atoms with van der Waals surface area (Å²) in [5.41, 5.74) is 4.61. The second-order valence-corrected chi connectivity index (χ2v) is 8.68. The van der Waals surface area contributed by atoms with Gasteiger partial charge in [0.15, 0.2) is 11.5 Å². The van der Waals surface area contributed by atoms with E-state index in [9.17, 15) is 9.18 Å². The molecule has 1 atom stereocenters. The molecule has 0 spiro atoms. The van der Waals surface area contributed by atoms with Gasteiger partial charge in [-0.25, -0.2) is 4.39 Å². The molecule has 0 radical (unpaired) electrons. The Morgan fingerprint density at radius 2 is 1.79 bits per heavy atom. The smallest absolute Gasteiger partial charge is 0.227 e. The molecule has 33 heavy (non-hydrogen) atoms. The summed E-state index contributed by atoms with van der Waals surface area (Å²) in [4.78, 5) is 20.0. The van der Waals surface area contributed by atoms with E-state index in [2.05, 4.69) is 0 Å². The van der Waals surface area contributed by atoms with Crippen molar-refractivity contribution in [1.29, 1.82) is 0 Å². The van der Waals surface area contributed by atoms with E-state index in [0.717, 1.165) is 59.6 Å². The number of hydrogen-bond acceptors (Lipinski definition) is 4. The van der Waals surface area contributed by atoms with Crippen molar-refractivity contribution in [2.75, 3.05) is 19.8 Å². The third kappa shape index (κ3) is 4.70. The van der Waals surface area contributed by atoms with Crippen LogP contribution in [0.15, 0.2) is 54.6 Å². The van der Waals surface area contributed by atoms with Crippen molar-refractivity contribution in [1.82, 2.24) is 9.88 Å². The molecule has 1 fully saturated rings. The molecule has 5 rings (SSSR count). The number of carbonyl (C=O) groups excluding carboxylic acids is 1. The Labute approximate surface area is 193 Å². The second kappa shape index (κ2) is 9.22. The minimum Gasteiger partial charge on any atom is -0.490 e. The van der Waals surface area contributed by atoms with Gasteiger partial charge >= 0.3 is 0 Å². The van der Waals surface area contributed by atoms with E-state index in [1.807, 2.05) is 42.2 Å². The summed E-state index contributed by atoms with van der Waals surface area (Å²) in [6, 6.07) is 16.2. The molecule has 1 amide bonds. The first kappa shape index (κ1) is 21.4. The Morgan fingerprint density at radius 3 is 2.61 bits per heavy atom. The molecule has 0 aliphatic carbocycles. The first-order valence-corrected chi connectivity index (χ1v) is 11.5. The molecule has 6 heteroatoms. The van der Waals surface area contributed by atoms with Gasteiger partial charge in [-0.2, -0.15) is 0 Å². The minimum absolute atomic E-state index is 0.0583. The van der Waals surface area contributed by atoms with Crippen molar-refractivity contribution in [3.05, 3.63) is 77.4 Å². The summed E-state index contributed by atoms with van der Waals surface area (Å²) in [5.74, 6) is 1.27. The first-order valence-electron chi connectivity index (χ1n) is 11.5. The molecule has 0 saturated carbocycles. The lowest BCUT2D eigenvalue weighted by atomic mass is 10.0. The van der Waals surface area contributed by atoms with Gasteiger partial charge in [-0.15, -0.1) is 0 Å². The summed E-state index contributed by atoms with van der Waals surface area (Å²) < 4.78 is 24.8. The molecule has 170 valence electrons. The standard InChI is InChI=1S/C27H27FN2O3/c1-18-14-21(20-6-8-22(28)9-7-20)17-23(29-18)24-4-2-11-30(24)27(31)16-19-5-10-25-26(15-19)33-13-3-12-32-25/h5-10,14-15,17,24H,2-4,11-13,16H2,1H3/t24-/m0/s1. The highest BCUT2D eigenvalue weighted by Crippen LogP contribution is 2.35. The van der Waals surface area contributed by atoms with Crippen LogP contribution < -0.4 is 9.47 Å². The Kier molecular flexibility index (Phi) is 5.99. The van der Waals surface area contributed by atoms with Crippen molar-refractivity contribution >= 4 is 5.91 Å². The van der Waals surface area contributed by atoms with Gasteiger partial charge in [0.2, 0.25) is 5.91 Å².